The first kappa shape index (κ1) is 22.3. The maximum absolute atomic E-state index is 13.1. The second kappa shape index (κ2) is 8.94. The zero-order valence-electron chi connectivity index (χ0n) is 17.9. The van der Waals surface area contributed by atoms with Crippen LogP contribution in [0, 0.1) is 0 Å². The predicted molar refractivity (Wildman–Crippen MR) is 118 cm³/mol. The predicted octanol–water partition coefficient (Wildman–Crippen LogP) is 2.30. The van der Waals surface area contributed by atoms with Gasteiger partial charge in [0.1, 0.15) is 12.3 Å². The maximum Gasteiger partial charge on any atom is 0.263 e. The SMILES string of the molecule is COc1ccc(N2C(=O)[C@@H]3[C@@H](N=NN3CC(=O)Nc3ccc(OC)c(OC)c3)C2=O)cc1Cl. The van der Waals surface area contributed by atoms with Crippen molar-refractivity contribution in [2.24, 2.45) is 10.3 Å². The highest BCUT2D eigenvalue weighted by Gasteiger charge is 2.55. The molecule has 2 atom stereocenters. The molecule has 4 rings (SSSR count). The summed E-state index contributed by atoms with van der Waals surface area (Å²) in [4.78, 5) is 39.5. The number of imide groups is 1. The second-order valence-corrected chi connectivity index (χ2v) is 7.55. The number of nitrogens with one attached hydrogen (secondary N) is 1. The molecule has 0 radical (unpaired) electrons. The first-order valence-electron chi connectivity index (χ1n) is 9.78. The van der Waals surface area contributed by atoms with Gasteiger partial charge in [-0.2, -0.15) is 5.11 Å². The summed E-state index contributed by atoms with van der Waals surface area (Å²) >= 11 is 6.14. The maximum atomic E-state index is 13.1. The molecule has 33 heavy (non-hydrogen) atoms. The zero-order chi connectivity index (χ0) is 23.7. The molecule has 1 N–H and O–H groups in total. The van der Waals surface area contributed by atoms with Crippen LogP contribution in [0.15, 0.2) is 46.7 Å². The molecule has 0 saturated carbocycles. The van der Waals surface area contributed by atoms with Gasteiger partial charge in [-0.15, -0.1) is 0 Å². The fourth-order valence-corrected chi connectivity index (χ4v) is 3.92. The Morgan fingerprint density at radius 3 is 2.36 bits per heavy atom. The van der Waals surface area contributed by atoms with E-state index in [1.165, 1.54) is 32.4 Å². The molecule has 2 aliphatic heterocycles. The Labute approximate surface area is 193 Å². The van der Waals surface area contributed by atoms with Crippen LogP contribution in [0.4, 0.5) is 11.4 Å². The lowest BCUT2D eigenvalue weighted by atomic mass is 10.1. The average Bonchev–Trinajstić information content (AvgIpc) is 3.32. The number of carbonyl (C=O) groups excluding carboxylic acids is 3. The first-order chi connectivity index (χ1) is 15.9. The second-order valence-electron chi connectivity index (χ2n) is 7.14. The summed E-state index contributed by atoms with van der Waals surface area (Å²) < 4.78 is 15.5. The Balaban J connectivity index is 1.48. The van der Waals surface area contributed by atoms with Gasteiger partial charge in [-0.1, -0.05) is 16.8 Å². The summed E-state index contributed by atoms with van der Waals surface area (Å²) in [5.41, 5.74) is 0.754. The Morgan fingerprint density at radius 2 is 1.70 bits per heavy atom. The van der Waals surface area contributed by atoms with Crippen LogP contribution < -0.4 is 24.4 Å². The van der Waals surface area contributed by atoms with Crippen molar-refractivity contribution in [3.63, 3.8) is 0 Å². The van der Waals surface area contributed by atoms with Crippen LogP contribution in [0.5, 0.6) is 17.2 Å². The van der Waals surface area contributed by atoms with Crippen LogP contribution in [-0.4, -0.2) is 62.7 Å². The molecule has 0 spiro atoms. The number of carbonyl (C=O) groups is 3. The molecule has 11 nitrogen and oxygen atoms in total. The summed E-state index contributed by atoms with van der Waals surface area (Å²) in [6.07, 6.45) is 0. The van der Waals surface area contributed by atoms with E-state index in [9.17, 15) is 14.4 Å². The highest BCUT2D eigenvalue weighted by Crippen LogP contribution is 2.35. The minimum absolute atomic E-state index is 0.250. The van der Waals surface area contributed by atoms with Gasteiger partial charge in [0.2, 0.25) is 5.91 Å². The fourth-order valence-electron chi connectivity index (χ4n) is 3.66. The summed E-state index contributed by atoms with van der Waals surface area (Å²) in [7, 11) is 4.45. The third-order valence-corrected chi connectivity index (χ3v) is 5.52. The van der Waals surface area contributed by atoms with Crippen molar-refractivity contribution < 1.29 is 28.6 Å². The lowest BCUT2D eigenvalue weighted by Gasteiger charge is -2.20. The molecule has 2 aromatic carbocycles. The van der Waals surface area contributed by atoms with E-state index >= 15 is 0 Å². The van der Waals surface area contributed by atoms with E-state index < -0.39 is 29.8 Å². The van der Waals surface area contributed by atoms with Gasteiger partial charge in [0, 0.05) is 11.8 Å². The van der Waals surface area contributed by atoms with E-state index in [2.05, 4.69) is 15.7 Å². The first-order valence-corrected chi connectivity index (χ1v) is 10.2. The summed E-state index contributed by atoms with van der Waals surface area (Å²) in [6.45, 7) is -0.282. The third kappa shape index (κ3) is 4.02. The lowest BCUT2D eigenvalue weighted by molar-refractivity contribution is -0.123. The zero-order valence-corrected chi connectivity index (χ0v) is 18.7. The van der Waals surface area contributed by atoms with Crippen LogP contribution >= 0.6 is 11.6 Å². The van der Waals surface area contributed by atoms with Gasteiger partial charge in [0.15, 0.2) is 23.6 Å². The van der Waals surface area contributed by atoms with Gasteiger partial charge in [-0.25, -0.2) is 4.90 Å². The van der Waals surface area contributed by atoms with E-state index in [1.807, 2.05) is 0 Å². The van der Waals surface area contributed by atoms with Crippen molar-refractivity contribution in [2.75, 3.05) is 38.1 Å². The molecule has 1 fully saturated rings. The van der Waals surface area contributed by atoms with Crippen molar-refractivity contribution in [3.05, 3.63) is 41.4 Å². The molecule has 172 valence electrons. The number of benzene rings is 2. The number of hydrogen-bond donors (Lipinski definition) is 1. The minimum atomic E-state index is -1.03. The topological polar surface area (TPSA) is 122 Å². The molecular weight excluding hydrogens is 454 g/mol. The largest absolute Gasteiger partial charge is 0.495 e. The quantitative estimate of drug-likeness (QED) is 0.612. The number of nitrogens with zero attached hydrogens (tertiary/aromatic N) is 4. The monoisotopic (exact) mass is 473 g/mol. The van der Waals surface area contributed by atoms with Crippen LogP contribution in [0.1, 0.15) is 0 Å². The van der Waals surface area contributed by atoms with Gasteiger partial charge in [0.05, 0.1) is 32.0 Å². The smallest absolute Gasteiger partial charge is 0.263 e. The van der Waals surface area contributed by atoms with Crippen LogP contribution in [0.2, 0.25) is 5.02 Å². The Morgan fingerprint density at radius 1 is 1.00 bits per heavy atom. The van der Waals surface area contributed by atoms with Crippen LogP contribution in [0.25, 0.3) is 0 Å². The number of anilines is 2. The number of ether oxygens (including phenoxy) is 3. The molecule has 2 heterocycles. The van der Waals surface area contributed by atoms with E-state index in [1.54, 1.807) is 30.3 Å². The summed E-state index contributed by atoms with van der Waals surface area (Å²) in [6, 6.07) is 7.41. The standard InChI is InChI=1S/C21H20ClN5O6/c1-31-14-7-5-12(9-13(14)22)27-20(29)18-19(21(27)30)26(25-24-18)10-17(28)23-11-4-6-15(32-2)16(8-11)33-3/h4-9,18-19H,10H2,1-3H3,(H,23,28)/t18-,19+/m1/s1. The molecule has 0 unspecified atom stereocenters. The molecular formula is C21H20ClN5O6. The number of amides is 3. The normalized spacial score (nSPS) is 19.0. The van der Waals surface area contributed by atoms with Crippen LogP contribution in [-0.2, 0) is 14.4 Å². The van der Waals surface area contributed by atoms with Gasteiger partial charge in [-0.3, -0.25) is 19.4 Å². The van der Waals surface area contributed by atoms with Crippen LogP contribution in [0.3, 0.4) is 0 Å². The number of rotatable bonds is 7. The van der Waals surface area contributed by atoms with Crippen molar-refractivity contribution in [1.82, 2.24) is 5.01 Å². The van der Waals surface area contributed by atoms with Gasteiger partial charge < -0.3 is 19.5 Å². The van der Waals surface area contributed by atoms with Crippen molar-refractivity contribution in [3.8, 4) is 17.2 Å². The molecule has 2 aliphatic rings. The van der Waals surface area contributed by atoms with Crippen molar-refractivity contribution >= 4 is 40.7 Å². The van der Waals surface area contributed by atoms with Gasteiger partial charge >= 0.3 is 0 Å². The Bertz CT molecular complexity index is 1160. The summed E-state index contributed by atoms with van der Waals surface area (Å²) in [5.74, 6) is -0.171. The van der Waals surface area contributed by atoms with Gasteiger partial charge in [-0.05, 0) is 30.3 Å². The average molecular weight is 474 g/mol. The summed E-state index contributed by atoms with van der Waals surface area (Å²) in [5, 5.41) is 11.9. The van der Waals surface area contributed by atoms with E-state index in [-0.39, 0.29) is 17.3 Å². The number of halogens is 1. The van der Waals surface area contributed by atoms with Crippen molar-refractivity contribution in [1.29, 1.82) is 0 Å². The number of methoxy groups -OCH3 is 3. The molecule has 0 aliphatic carbocycles. The third-order valence-electron chi connectivity index (χ3n) is 5.22. The molecule has 12 heteroatoms. The highest BCUT2D eigenvalue weighted by molar-refractivity contribution is 6.33. The minimum Gasteiger partial charge on any atom is -0.495 e. The number of fused-ring (bicyclic) bond motifs is 1. The molecule has 3 amide bonds. The molecule has 1 saturated heterocycles. The number of hydrogen-bond acceptors (Lipinski definition) is 9. The lowest BCUT2D eigenvalue weighted by Crippen LogP contribution is -2.43. The van der Waals surface area contributed by atoms with Gasteiger partial charge in [0.25, 0.3) is 11.8 Å². The highest BCUT2D eigenvalue weighted by atomic mass is 35.5. The van der Waals surface area contributed by atoms with E-state index in [4.69, 9.17) is 25.8 Å². The Kier molecular flexibility index (Phi) is 6.05. The fraction of sp³-hybridized carbons (Fsp3) is 0.286. The van der Waals surface area contributed by atoms with Crippen molar-refractivity contribution in [2.45, 2.75) is 12.1 Å². The molecule has 2 aromatic rings. The Hall–Kier alpha value is -3.86. The molecule has 0 aromatic heterocycles. The van der Waals surface area contributed by atoms with E-state index in [0.717, 1.165) is 4.90 Å². The molecule has 0 bridgehead atoms. The van der Waals surface area contributed by atoms with E-state index in [0.29, 0.717) is 22.9 Å².